The molecule has 0 unspecified atom stereocenters. The number of nitrogen functional groups attached to an aromatic ring is 1. The van der Waals surface area contributed by atoms with Gasteiger partial charge in [0.2, 0.25) is 11.8 Å². The van der Waals surface area contributed by atoms with E-state index >= 15 is 0 Å². The van der Waals surface area contributed by atoms with Crippen molar-refractivity contribution in [2.24, 2.45) is 0 Å². The standard InChI is InChI=1S/C18H17N7O/c19-12-3-5-13(6-4-12)26-17-10-16-20-7-8-25(16)18(22-17)21-15-9-14(23-24-15)11-1-2-11/h3-11H,1-2,19H2,(H2,21,22,23,24). The van der Waals surface area contributed by atoms with Gasteiger partial charge < -0.3 is 15.8 Å². The summed E-state index contributed by atoms with van der Waals surface area (Å²) in [7, 11) is 0. The van der Waals surface area contributed by atoms with Crippen molar-refractivity contribution in [3.05, 3.63) is 54.5 Å². The molecule has 0 atom stereocenters. The zero-order chi connectivity index (χ0) is 17.5. The zero-order valence-electron chi connectivity index (χ0n) is 13.9. The lowest BCUT2D eigenvalue weighted by Gasteiger charge is -2.09. The molecule has 1 aliphatic carbocycles. The number of hydrogen-bond acceptors (Lipinski definition) is 6. The molecule has 0 amide bonds. The van der Waals surface area contributed by atoms with Crippen molar-refractivity contribution in [1.29, 1.82) is 0 Å². The first-order valence-electron chi connectivity index (χ1n) is 8.44. The Balaban J connectivity index is 1.46. The summed E-state index contributed by atoms with van der Waals surface area (Å²) >= 11 is 0. The number of nitrogens with zero attached hydrogens (tertiary/aromatic N) is 4. The molecule has 4 N–H and O–H groups in total. The molecule has 0 bridgehead atoms. The minimum atomic E-state index is 0.439. The van der Waals surface area contributed by atoms with Crippen molar-refractivity contribution < 1.29 is 4.74 Å². The number of aromatic amines is 1. The first-order valence-corrected chi connectivity index (χ1v) is 8.44. The maximum absolute atomic E-state index is 5.85. The summed E-state index contributed by atoms with van der Waals surface area (Å²) in [5.41, 5.74) is 8.28. The largest absolute Gasteiger partial charge is 0.439 e. The quantitative estimate of drug-likeness (QED) is 0.477. The van der Waals surface area contributed by atoms with Gasteiger partial charge in [0, 0.05) is 41.8 Å². The number of aromatic nitrogens is 5. The lowest BCUT2D eigenvalue weighted by atomic mass is 10.3. The third-order valence-corrected chi connectivity index (χ3v) is 4.32. The zero-order valence-corrected chi connectivity index (χ0v) is 13.9. The molecular weight excluding hydrogens is 330 g/mol. The van der Waals surface area contributed by atoms with Crippen LogP contribution in [0.3, 0.4) is 0 Å². The van der Waals surface area contributed by atoms with Crippen molar-refractivity contribution in [2.45, 2.75) is 18.8 Å². The van der Waals surface area contributed by atoms with E-state index in [1.165, 1.54) is 12.8 Å². The van der Waals surface area contributed by atoms with Crippen molar-refractivity contribution in [3.8, 4) is 11.6 Å². The highest BCUT2D eigenvalue weighted by atomic mass is 16.5. The normalized spacial score (nSPS) is 13.8. The topological polar surface area (TPSA) is 106 Å². The summed E-state index contributed by atoms with van der Waals surface area (Å²) in [6.45, 7) is 0. The molecule has 1 fully saturated rings. The van der Waals surface area contributed by atoms with Gasteiger partial charge in [-0.05, 0) is 37.1 Å². The number of anilines is 3. The number of nitrogens with two attached hydrogens (primary N) is 1. The highest BCUT2D eigenvalue weighted by molar-refractivity contribution is 5.56. The molecule has 3 aromatic heterocycles. The van der Waals surface area contributed by atoms with Crippen LogP contribution in [-0.2, 0) is 0 Å². The average Bonchev–Trinajstić information content (AvgIpc) is 3.19. The van der Waals surface area contributed by atoms with Crippen molar-refractivity contribution in [2.75, 3.05) is 11.1 Å². The minimum absolute atomic E-state index is 0.439. The number of hydrogen-bond donors (Lipinski definition) is 3. The predicted octanol–water partition coefficient (Wildman–Crippen LogP) is 3.45. The molecule has 8 nitrogen and oxygen atoms in total. The summed E-state index contributed by atoms with van der Waals surface area (Å²) in [6, 6.07) is 11.0. The summed E-state index contributed by atoms with van der Waals surface area (Å²) in [4.78, 5) is 8.90. The summed E-state index contributed by atoms with van der Waals surface area (Å²) in [5.74, 6) is 3.01. The Kier molecular flexibility index (Phi) is 3.27. The number of fused-ring (bicyclic) bond motifs is 1. The number of rotatable bonds is 5. The van der Waals surface area contributed by atoms with Gasteiger partial charge in [0.25, 0.3) is 0 Å². The lowest BCUT2D eigenvalue weighted by molar-refractivity contribution is 0.463. The molecule has 1 aliphatic rings. The third kappa shape index (κ3) is 2.81. The van der Waals surface area contributed by atoms with E-state index in [0.717, 1.165) is 17.2 Å². The number of H-pyrrole nitrogens is 1. The van der Waals surface area contributed by atoms with E-state index in [1.54, 1.807) is 36.5 Å². The molecule has 0 saturated heterocycles. The van der Waals surface area contributed by atoms with Gasteiger partial charge >= 0.3 is 0 Å². The van der Waals surface area contributed by atoms with Crippen LogP contribution in [0.15, 0.2) is 48.8 Å². The van der Waals surface area contributed by atoms with Crippen LogP contribution in [0.1, 0.15) is 24.5 Å². The molecular formula is C18H17N7O. The van der Waals surface area contributed by atoms with Crippen LogP contribution in [0.25, 0.3) is 5.65 Å². The predicted molar refractivity (Wildman–Crippen MR) is 97.8 cm³/mol. The Morgan fingerprint density at radius 3 is 2.85 bits per heavy atom. The van der Waals surface area contributed by atoms with E-state index < -0.39 is 0 Å². The Labute approximate surface area is 149 Å². The smallest absolute Gasteiger partial charge is 0.226 e. The first kappa shape index (κ1) is 14.8. The maximum atomic E-state index is 5.85. The van der Waals surface area contributed by atoms with E-state index in [9.17, 15) is 0 Å². The van der Waals surface area contributed by atoms with Crippen LogP contribution in [0.2, 0.25) is 0 Å². The number of nitrogens with one attached hydrogen (secondary N) is 2. The molecule has 1 aromatic carbocycles. The Morgan fingerprint density at radius 2 is 2.04 bits per heavy atom. The molecule has 0 spiro atoms. The van der Waals surface area contributed by atoms with Gasteiger partial charge in [0.05, 0.1) is 0 Å². The van der Waals surface area contributed by atoms with Gasteiger partial charge in [-0.1, -0.05) is 0 Å². The van der Waals surface area contributed by atoms with Crippen molar-refractivity contribution >= 4 is 23.1 Å². The lowest BCUT2D eigenvalue weighted by Crippen LogP contribution is -2.03. The van der Waals surface area contributed by atoms with Crippen molar-refractivity contribution in [1.82, 2.24) is 24.6 Å². The molecule has 0 radical (unpaired) electrons. The van der Waals surface area contributed by atoms with E-state index in [4.69, 9.17) is 10.5 Å². The van der Waals surface area contributed by atoms with Crippen LogP contribution in [0.4, 0.5) is 17.5 Å². The minimum Gasteiger partial charge on any atom is -0.439 e. The molecule has 0 aliphatic heterocycles. The van der Waals surface area contributed by atoms with Crippen LogP contribution in [0.5, 0.6) is 11.6 Å². The SMILES string of the molecule is Nc1ccc(Oc2cc3nccn3c(Nc3cc(C4CC4)[nH]n3)n2)cc1. The molecule has 8 heteroatoms. The van der Waals surface area contributed by atoms with Crippen LogP contribution < -0.4 is 15.8 Å². The van der Waals surface area contributed by atoms with Crippen LogP contribution in [-0.4, -0.2) is 24.6 Å². The number of benzene rings is 1. The van der Waals surface area contributed by atoms with Gasteiger partial charge in [0.1, 0.15) is 11.4 Å². The van der Waals surface area contributed by atoms with Gasteiger partial charge in [0.15, 0.2) is 5.82 Å². The fourth-order valence-corrected chi connectivity index (χ4v) is 2.82. The van der Waals surface area contributed by atoms with Gasteiger partial charge in [-0.2, -0.15) is 10.1 Å². The van der Waals surface area contributed by atoms with Gasteiger partial charge in [-0.15, -0.1) is 0 Å². The number of ether oxygens (including phenoxy) is 1. The van der Waals surface area contributed by atoms with E-state index in [2.05, 4.69) is 25.5 Å². The molecule has 5 rings (SSSR count). The van der Waals surface area contributed by atoms with E-state index in [-0.39, 0.29) is 0 Å². The first-order chi connectivity index (χ1) is 12.7. The molecule has 130 valence electrons. The van der Waals surface area contributed by atoms with Crippen LogP contribution in [0, 0.1) is 0 Å². The van der Waals surface area contributed by atoms with Gasteiger partial charge in [-0.25, -0.2) is 4.98 Å². The summed E-state index contributed by atoms with van der Waals surface area (Å²) in [5, 5.41) is 10.6. The highest BCUT2D eigenvalue weighted by Gasteiger charge is 2.25. The third-order valence-electron chi connectivity index (χ3n) is 4.32. The van der Waals surface area contributed by atoms with E-state index in [1.807, 2.05) is 16.7 Å². The van der Waals surface area contributed by atoms with Gasteiger partial charge in [-0.3, -0.25) is 9.50 Å². The number of imidazole rings is 1. The molecule has 1 saturated carbocycles. The molecule has 3 heterocycles. The Bertz CT molecular complexity index is 1060. The summed E-state index contributed by atoms with van der Waals surface area (Å²) in [6.07, 6.45) is 5.99. The fourth-order valence-electron chi connectivity index (χ4n) is 2.82. The summed E-state index contributed by atoms with van der Waals surface area (Å²) < 4.78 is 7.70. The fraction of sp³-hybridized carbons (Fsp3) is 0.167. The Hall–Kier alpha value is -3.55. The second-order valence-electron chi connectivity index (χ2n) is 6.35. The van der Waals surface area contributed by atoms with Crippen LogP contribution >= 0.6 is 0 Å². The second-order valence-corrected chi connectivity index (χ2v) is 6.35. The Morgan fingerprint density at radius 1 is 1.19 bits per heavy atom. The second kappa shape index (κ2) is 5.76. The highest BCUT2D eigenvalue weighted by Crippen LogP contribution is 2.39. The maximum Gasteiger partial charge on any atom is 0.226 e. The average molecular weight is 347 g/mol. The molecule has 26 heavy (non-hydrogen) atoms. The molecule has 4 aromatic rings. The van der Waals surface area contributed by atoms with Crippen molar-refractivity contribution in [3.63, 3.8) is 0 Å². The monoisotopic (exact) mass is 347 g/mol. The van der Waals surface area contributed by atoms with E-state index in [0.29, 0.717) is 29.2 Å².